The van der Waals surface area contributed by atoms with Crippen LogP contribution >= 0.6 is 0 Å². The van der Waals surface area contributed by atoms with Crippen LogP contribution in [0.3, 0.4) is 0 Å². The Kier molecular flexibility index (Phi) is 14.7. The zero-order chi connectivity index (χ0) is 27.8. The van der Waals surface area contributed by atoms with Crippen LogP contribution in [0.4, 0.5) is 13.2 Å². The molecule has 0 unspecified atom stereocenters. The van der Waals surface area contributed by atoms with Crippen molar-refractivity contribution < 1.29 is 17.4 Å². The number of halogens is 3. The highest BCUT2D eigenvalue weighted by molar-refractivity contribution is 7.92. The van der Waals surface area contributed by atoms with E-state index in [4.69, 9.17) is 4.18 Å². The van der Waals surface area contributed by atoms with Crippen LogP contribution in [0, 0.1) is 17.5 Å². The zero-order valence-corrected chi connectivity index (χ0v) is 24.3. The van der Waals surface area contributed by atoms with Crippen molar-refractivity contribution in [1.29, 1.82) is 0 Å². The summed E-state index contributed by atoms with van der Waals surface area (Å²) < 4.78 is 46.3. The van der Waals surface area contributed by atoms with E-state index in [9.17, 15) is 13.2 Å². The summed E-state index contributed by atoms with van der Waals surface area (Å²) >= 11 is 0.276. The van der Waals surface area contributed by atoms with E-state index < -0.39 is 6.15 Å². The van der Waals surface area contributed by atoms with Gasteiger partial charge in [-0.2, -0.15) is 26.9 Å². The Balaban J connectivity index is 0.000000358. The molecule has 0 aromatic heterocycles. The Morgan fingerprint density at radius 3 is 1.18 bits per heavy atom. The highest BCUT2D eigenvalue weighted by Gasteiger charge is 2.29. The lowest BCUT2D eigenvalue weighted by Gasteiger charge is -2.43. The second-order valence-electron chi connectivity index (χ2n) is 9.80. The summed E-state index contributed by atoms with van der Waals surface area (Å²) in [6.45, 7) is 9.58. The van der Waals surface area contributed by atoms with Crippen LogP contribution in [0.2, 0.25) is 6.32 Å². The van der Waals surface area contributed by atoms with Gasteiger partial charge in [-0.1, -0.05) is 82.9 Å². The van der Waals surface area contributed by atoms with Gasteiger partial charge in [0.2, 0.25) is 0 Å². The van der Waals surface area contributed by atoms with Gasteiger partial charge in [0.15, 0.2) is 0 Å². The van der Waals surface area contributed by atoms with E-state index in [1.54, 1.807) is 36.4 Å². The average Bonchev–Trinajstić information content (AvgIpc) is 2.93. The smallest absolute Gasteiger partial charge is 0.147 e. The minimum absolute atomic E-state index is 0.276. The molecule has 1 nitrogen and oxygen atoms in total. The molecule has 0 fully saturated rings. The average molecular weight is 545 g/mol. The molecule has 0 aliphatic carbocycles. The molecule has 6 heteroatoms. The molecule has 0 aliphatic rings. The van der Waals surface area contributed by atoms with Crippen LogP contribution in [0.1, 0.15) is 66.2 Å². The fourth-order valence-corrected chi connectivity index (χ4v) is 6.95. The molecule has 3 aromatic carbocycles. The number of hydrogen-bond acceptors (Lipinski definition) is 1. The normalized spacial score (nSPS) is 11.4. The van der Waals surface area contributed by atoms with Crippen molar-refractivity contribution in [3.05, 3.63) is 90.2 Å². The topological polar surface area (TPSA) is 9.23 Å². The van der Waals surface area contributed by atoms with Crippen molar-refractivity contribution in [3.63, 3.8) is 0 Å². The summed E-state index contributed by atoms with van der Waals surface area (Å²) in [5.74, 6) is 1.67. The minimum Gasteiger partial charge on any atom is -0.207 e. The van der Waals surface area contributed by atoms with E-state index in [2.05, 4.69) is 27.7 Å². The summed E-state index contributed by atoms with van der Waals surface area (Å²) in [5.41, 5.74) is 2.91. The molecule has 0 bridgehead atoms. The van der Waals surface area contributed by atoms with E-state index >= 15 is 0 Å². The number of rotatable bonds is 14. The van der Waals surface area contributed by atoms with Gasteiger partial charge >= 0.3 is 0 Å². The molecular formula is C32H44BF3OS. The molecule has 0 heterocycles. The molecule has 208 valence electrons. The van der Waals surface area contributed by atoms with Crippen LogP contribution in [0.5, 0.6) is 0 Å². The SMILES string of the molecule is CCCC[B-](c1ccc(F)cc1)(c1ccc(F)cc1)c1ccc(F)cc1.CCCC[S+](CCCC)OCC. The lowest BCUT2D eigenvalue weighted by molar-refractivity contribution is 0.386. The van der Waals surface area contributed by atoms with Crippen molar-refractivity contribution in [1.82, 2.24) is 0 Å². The lowest BCUT2D eigenvalue weighted by atomic mass is 9.14. The molecule has 3 rings (SSSR count). The summed E-state index contributed by atoms with van der Waals surface area (Å²) in [4.78, 5) is 0. The Bertz CT molecular complexity index is 907. The Hall–Kier alpha value is -2.18. The number of unbranched alkanes of at least 4 members (excludes halogenated alkanes) is 3. The fraction of sp³-hybridized carbons (Fsp3) is 0.438. The monoisotopic (exact) mass is 544 g/mol. The standard InChI is InChI=1S/C22H21BF3.C10H23OS/c1-2-3-16-23(17-4-10-20(24)11-5-17,18-6-12-21(25)13-7-18)19-8-14-22(26)15-9-19;1-4-7-9-12(11-6-3)10-8-5-2/h4-15H,2-3,16H2,1H3;4-10H2,1-3H3/q-1;+1. The van der Waals surface area contributed by atoms with Gasteiger partial charge in [-0.15, -0.1) is 0 Å². The molecule has 0 radical (unpaired) electrons. The highest BCUT2D eigenvalue weighted by atomic mass is 32.2. The first-order valence-corrected chi connectivity index (χ1v) is 15.7. The van der Waals surface area contributed by atoms with Crippen molar-refractivity contribution >= 4 is 33.7 Å². The van der Waals surface area contributed by atoms with Crippen LogP contribution in [-0.2, 0) is 15.4 Å². The second-order valence-corrected chi connectivity index (χ2v) is 11.7. The van der Waals surface area contributed by atoms with Gasteiger partial charge in [-0.25, -0.2) is 13.2 Å². The molecule has 3 aromatic rings. The quantitative estimate of drug-likeness (QED) is 0.151. The van der Waals surface area contributed by atoms with Gasteiger partial charge in [-0.05, 0) is 56.2 Å². The van der Waals surface area contributed by atoms with Crippen molar-refractivity contribution in [2.75, 3.05) is 18.1 Å². The number of benzene rings is 3. The Labute approximate surface area is 231 Å². The van der Waals surface area contributed by atoms with Crippen LogP contribution in [-0.4, -0.2) is 24.3 Å². The highest BCUT2D eigenvalue weighted by Crippen LogP contribution is 2.17. The third kappa shape index (κ3) is 9.53. The van der Waals surface area contributed by atoms with E-state index in [-0.39, 0.29) is 28.6 Å². The molecule has 0 saturated carbocycles. The first-order chi connectivity index (χ1) is 18.4. The summed E-state index contributed by atoms with van der Waals surface area (Å²) in [7, 11) is 0. The molecule has 0 spiro atoms. The van der Waals surface area contributed by atoms with Gasteiger partial charge in [0.25, 0.3) is 0 Å². The lowest BCUT2D eigenvalue weighted by Crippen LogP contribution is -2.67. The van der Waals surface area contributed by atoms with Crippen molar-refractivity contribution in [2.45, 2.75) is 72.5 Å². The van der Waals surface area contributed by atoms with Crippen LogP contribution in [0.25, 0.3) is 0 Å². The first-order valence-electron chi connectivity index (χ1n) is 14.2. The molecule has 0 N–H and O–H groups in total. The second kappa shape index (κ2) is 17.4. The summed E-state index contributed by atoms with van der Waals surface area (Å²) in [5, 5.41) is 0. The maximum absolute atomic E-state index is 13.5. The molecule has 0 amide bonds. The van der Waals surface area contributed by atoms with Crippen LogP contribution in [0.15, 0.2) is 72.8 Å². The fourth-order valence-electron chi connectivity index (χ4n) is 4.96. The molecule has 0 atom stereocenters. The predicted octanol–water partition coefficient (Wildman–Crippen LogP) is 7.53. The molecule has 0 aliphatic heterocycles. The van der Waals surface area contributed by atoms with Crippen LogP contribution < -0.4 is 16.4 Å². The maximum Gasteiger partial charge on any atom is 0.147 e. The Morgan fingerprint density at radius 1 is 0.553 bits per heavy atom. The molecule has 38 heavy (non-hydrogen) atoms. The van der Waals surface area contributed by atoms with Gasteiger partial charge in [0.1, 0.15) is 46.7 Å². The summed E-state index contributed by atoms with van der Waals surface area (Å²) in [6.07, 6.45) is 6.55. The van der Waals surface area contributed by atoms with E-state index in [1.165, 1.54) is 73.6 Å². The van der Waals surface area contributed by atoms with Crippen molar-refractivity contribution in [2.24, 2.45) is 0 Å². The van der Waals surface area contributed by atoms with E-state index in [0.717, 1.165) is 42.2 Å². The number of hydrogen-bond donors (Lipinski definition) is 0. The first kappa shape index (κ1) is 32.0. The molecule has 0 saturated heterocycles. The zero-order valence-electron chi connectivity index (χ0n) is 23.5. The van der Waals surface area contributed by atoms with Gasteiger partial charge in [-0.3, -0.25) is 0 Å². The van der Waals surface area contributed by atoms with E-state index in [1.807, 2.05) is 0 Å². The third-order valence-corrected chi connectivity index (χ3v) is 9.10. The van der Waals surface area contributed by atoms with Gasteiger partial charge < -0.3 is 0 Å². The maximum atomic E-state index is 13.5. The predicted molar refractivity (Wildman–Crippen MR) is 162 cm³/mol. The minimum atomic E-state index is -1.46. The van der Waals surface area contributed by atoms with E-state index in [0.29, 0.717) is 0 Å². The summed E-state index contributed by atoms with van der Waals surface area (Å²) in [6, 6.07) is 19.4. The van der Waals surface area contributed by atoms with Crippen molar-refractivity contribution in [3.8, 4) is 0 Å². The molecular weight excluding hydrogens is 500 g/mol. The van der Waals surface area contributed by atoms with Gasteiger partial charge in [0, 0.05) is 0 Å². The third-order valence-electron chi connectivity index (χ3n) is 7.04. The largest absolute Gasteiger partial charge is 0.207 e. The Morgan fingerprint density at radius 2 is 0.895 bits per heavy atom. The van der Waals surface area contributed by atoms with Gasteiger partial charge in [0.05, 0.1) is 6.15 Å².